The van der Waals surface area contributed by atoms with E-state index < -0.39 is 0 Å². The van der Waals surface area contributed by atoms with Crippen molar-refractivity contribution in [3.05, 3.63) is 41.7 Å². The quantitative estimate of drug-likeness (QED) is 0.935. The Kier molecular flexibility index (Phi) is 2.94. The van der Waals surface area contributed by atoms with Crippen molar-refractivity contribution in [1.82, 2.24) is 25.1 Å². The van der Waals surface area contributed by atoms with Gasteiger partial charge in [-0.3, -0.25) is 14.9 Å². The van der Waals surface area contributed by atoms with Crippen molar-refractivity contribution in [3.8, 4) is 0 Å². The fourth-order valence-electron chi connectivity index (χ4n) is 2.97. The number of rotatable bonds is 3. The summed E-state index contributed by atoms with van der Waals surface area (Å²) in [6.45, 7) is 0.756. The van der Waals surface area contributed by atoms with Crippen molar-refractivity contribution < 1.29 is 4.79 Å². The number of H-pyrrole nitrogens is 1. The van der Waals surface area contributed by atoms with Gasteiger partial charge in [-0.2, -0.15) is 0 Å². The number of likely N-dealkylation sites (tertiary alicyclic amines) is 1. The number of pyridine rings is 1. The van der Waals surface area contributed by atoms with Crippen LogP contribution in [0.25, 0.3) is 0 Å². The van der Waals surface area contributed by atoms with Crippen LogP contribution in [0.1, 0.15) is 59.6 Å². The Bertz CT molecular complexity index is 649. The molecule has 2 aromatic heterocycles. The molecule has 1 N–H and O–H groups in total. The first-order valence-corrected chi connectivity index (χ1v) is 7.46. The van der Waals surface area contributed by atoms with E-state index in [-0.39, 0.29) is 11.9 Å². The van der Waals surface area contributed by atoms with Crippen molar-refractivity contribution >= 4 is 5.91 Å². The molecule has 0 spiro atoms. The molecule has 2 aliphatic rings. The number of hydrogen-bond acceptors (Lipinski definition) is 4. The molecule has 2 aromatic rings. The van der Waals surface area contributed by atoms with Crippen molar-refractivity contribution in [3.63, 3.8) is 0 Å². The zero-order valence-corrected chi connectivity index (χ0v) is 11.7. The predicted molar refractivity (Wildman–Crippen MR) is 75.6 cm³/mol. The molecule has 2 fully saturated rings. The minimum absolute atomic E-state index is 0.0792. The van der Waals surface area contributed by atoms with Gasteiger partial charge in [0.05, 0.1) is 6.04 Å². The second kappa shape index (κ2) is 4.95. The highest BCUT2D eigenvalue weighted by molar-refractivity contribution is 5.91. The molecule has 6 heteroatoms. The van der Waals surface area contributed by atoms with Gasteiger partial charge in [0.1, 0.15) is 5.82 Å². The van der Waals surface area contributed by atoms with Crippen molar-refractivity contribution in [2.24, 2.45) is 0 Å². The van der Waals surface area contributed by atoms with Crippen LogP contribution < -0.4 is 0 Å². The Morgan fingerprint density at radius 2 is 2.24 bits per heavy atom. The third kappa shape index (κ3) is 2.30. The Balaban J connectivity index is 1.57. The predicted octanol–water partition coefficient (Wildman–Crippen LogP) is 2.05. The number of nitrogens with zero attached hydrogens (tertiary/aromatic N) is 4. The maximum Gasteiger partial charge on any atom is 0.294 e. The monoisotopic (exact) mass is 283 g/mol. The lowest BCUT2D eigenvalue weighted by Gasteiger charge is -2.23. The van der Waals surface area contributed by atoms with Crippen LogP contribution >= 0.6 is 0 Å². The highest BCUT2D eigenvalue weighted by Gasteiger charge is 2.34. The number of carbonyl (C=O) groups is 1. The van der Waals surface area contributed by atoms with Crippen LogP contribution in [0.5, 0.6) is 0 Å². The molecule has 3 heterocycles. The van der Waals surface area contributed by atoms with Crippen molar-refractivity contribution in [2.45, 2.75) is 37.6 Å². The van der Waals surface area contributed by atoms with Crippen LogP contribution in [0, 0.1) is 0 Å². The molecule has 0 bridgehead atoms. The molecule has 1 aliphatic heterocycles. The number of aromatic nitrogens is 4. The van der Waals surface area contributed by atoms with Crippen LogP contribution in [0.3, 0.4) is 0 Å². The van der Waals surface area contributed by atoms with Gasteiger partial charge >= 0.3 is 0 Å². The van der Waals surface area contributed by atoms with Gasteiger partial charge in [-0.05, 0) is 37.3 Å². The van der Waals surface area contributed by atoms with Gasteiger partial charge in [0.15, 0.2) is 0 Å². The number of hydrogen-bond donors (Lipinski definition) is 1. The van der Waals surface area contributed by atoms with E-state index in [0.717, 1.165) is 43.6 Å². The summed E-state index contributed by atoms with van der Waals surface area (Å²) in [7, 11) is 0. The molecular formula is C15H17N5O. The first kappa shape index (κ1) is 12.5. The van der Waals surface area contributed by atoms with Crippen LogP contribution in [-0.4, -0.2) is 37.5 Å². The van der Waals surface area contributed by atoms with E-state index >= 15 is 0 Å². The fourth-order valence-corrected chi connectivity index (χ4v) is 2.97. The SMILES string of the molecule is O=C(c1n[nH]c(C2CC2)n1)N1CCCC1c1cccnc1. The Hall–Kier alpha value is -2.24. The Labute approximate surface area is 122 Å². The highest BCUT2D eigenvalue weighted by atomic mass is 16.2. The molecule has 1 saturated carbocycles. The summed E-state index contributed by atoms with van der Waals surface area (Å²) in [4.78, 5) is 23.0. The molecule has 1 unspecified atom stereocenters. The minimum Gasteiger partial charge on any atom is -0.329 e. The number of aromatic amines is 1. The lowest BCUT2D eigenvalue weighted by Crippen LogP contribution is -2.31. The summed E-state index contributed by atoms with van der Waals surface area (Å²) in [6.07, 6.45) is 7.85. The molecule has 1 saturated heterocycles. The van der Waals surface area contributed by atoms with Crippen LogP contribution in [0.15, 0.2) is 24.5 Å². The summed E-state index contributed by atoms with van der Waals surface area (Å²) < 4.78 is 0. The standard InChI is InChI=1S/C15H17N5O/c21-15(14-17-13(18-19-14)10-5-6-10)20-8-2-4-12(20)11-3-1-7-16-9-11/h1,3,7,9-10,12H,2,4-6,8H2,(H,17,18,19). The van der Waals surface area contributed by atoms with E-state index in [1.54, 1.807) is 6.20 Å². The van der Waals surface area contributed by atoms with Crippen LogP contribution in [0.2, 0.25) is 0 Å². The van der Waals surface area contributed by atoms with Gasteiger partial charge in [0, 0.05) is 24.9 Å². The second-order valence-corrected chi connectivity index (χ2v) is 5.76. The maximum absolute atomic E-state index is 12.6. The molecule has 6 nitrogen and oxygen atoms in total. The topological polar surface area (TPSA) is 74.8 Å². The minimum atomic E-state index is -0.0792. The van der Waals surface area contributed by atoms with E-state index in [0.29, 0.717) is 11.7 Å². The van der Waals surface area contributed by atoms with E-state index in [4.69, 9.17) is 0 Å². The molecule has 21 heavy (non-hydrogen) atoms. The maximum atomic E-state index is 12.6. The molecule has 1 atom stereocenters. The zero-order valence-electron chi connectivity index (χ0n) is 11.7. The number of amides is 1. The molecule has 0 aromatic carbocycles. The second-order valence-electron chi connectivity index (χ2n) is 5.76. The third-order valence-electron chi connectivity index (χ3n) is 4.24. The summed E-state index contributed by atoms with van der Waals surface area (Å²) in [6, 6.07) is 4.03. The van der Waals surface area contributed by atoms with Gasteiger partial charge in [-0.15, -0.1) is 5.10 Å². The van der Waals surface area contributed by atoms with E-state index in [1.807, 2.05) is 23.2 Å². The number of nitrogens with one attached hydrogen (secondary N) is 1. The van der Waals surface area contributed by atoms with Gasteiger partial charge in [-0.1, -0.05) is 6.07 Å². The summed E-state index contributed by atoms with van der Waals surface area (Å²) in [5, 5.41) is 7.01. The largest absolute Gasteiger partial charge is 0.329 e. The first-order chi connectivity index (χ1) is 10.3. The molecule has 0 radical (unpaired) electrons. The van der Waals surface area contributed by atoms with E-state index in [9.17, 15) is 4.79 Å². The van der Waals surface area contributed by atoms with Crippen molar-refractivity contribution in [2.75, 3.05) is 6.54 Å². The van der Waals surface area contributed by atoms with Gasteiger partial charge in [0.25, 0.3) is 5.91 Å². The van der Waals surface area contributed by atoms with Gasteiger partial charge in [-0.25, -0.2) is 4.98 Å². The fraction of sp³-hybridized carbons (Fsp3) is 0.467. The van der Waals surface area contributed by atoms with E-state index in [1.165, 1.54) is 0 Å². The van der Waals surface area contributed by atoms with Crippen LogP contribution in [0.4, 0.5) is 0 Å². The lowest BCUT2D eigenvalue weighted by molar-refractivity contribution is 0.0723. The molecule has 4 rings (SSSR count). The van der Waals surface area contributed by atoms with Crippen LogP contribution in [-0.2, 0) is 0 Å². The Morgan fingerprint density at radius 1 is 1.33 bits per heavy atom. The first-order valence-electron chi connectivity index (χ1n) is 7.46. The zero-order chi connectivity index (χ0) is 14.2. The lowest BCUT2D eigenvalue weighted by atomic mass is 10.1. The smallest absolute Gasteiger partial charge is 0.294 e. The van der Waals surface area contributed by atoms with Gasteiger partial charge in [0.2, 0.25) is 5.82 Å². The van der Waals surface area contributed by atoms with Gasteiger partial charge < -0.3 is 4.90 Å². The average Bonchev–Trinajstić information content (AvgIpc) is 3.07. The van der Waals surface area contributed by atoms with Crippen molar-refractivity contribution in [1.29, 1.82) is 0 Å². The molecule has 1 aliphatic carbocycles. The molecule has 1 amide bonds. The average molecular weight is 283 g/mol. The molecule has 108 valence electrons. The highest BCUT2D eigenvalue weighted by Crippen LogP contribution is 2.38. The summed E-state index contributed by atoms with van der Waals surface area (Å²) in [5.74, 6) is 1.56. The van der Waals surface area contributed by atoms with E-state index in [2.05, 4.69) is 20.2 Å². The third-order valence-corrected chi connectivity index (χ3v) is 4.24. The summed E-state index contributed by atoms with van der Waals surface area (Å²) in [5.41, 5.74) is 1.08. The normalized spacial score (nSPS) is 21.7. The Morgan fingerprint density at radius 3 is 3.00 bits per heavy atom. The summed E-state index contributed by atoms with van der Waals surface area (Å²) >= 11 is 0. The molecular weight excluding hydrogens is 266 g/mol. The number of carbonyl (C=O) groups excluding carboxylic acids is 1.